The Balaban J connectivity index is 1.65. The molecule has 0 aromatic heterocycles. The summed E-state index contributed by atoms with van der Waals surface area (Å²) in [5.74, 6) is -0.483. The molecule has 0 atom stereocenters. The normalized spacial score (nSPS) is 22.2. The molecule has 0 bridgehead atoms. The summed E-state index contributed by atoms with van der Waals surface area (Å²) >= 11 is 0. The van der Waals surface area contributed by atoms with Crippen molar-refractivity contribution in [2.24, 2.45) is 0 Å². The lowest BCUT2D eigenvalue weighted by Gasteiger charge is -2.29. The SMILES string of the molecule is N#[N+]/C=C(\O)OC1COC(c2ccc3ccccc3c2)OC1. The van der Waals surface area contributed by atoms with Crippen LogP contribution in [0.4, 0.5) is 0 Å². The monoisotopic (exact) mass is 299 g/mol. The maximum atomic E-state index is 9.28. The van der Waals surface area contributed by atoms with E-state index in [1.807, 2.05) is 42.5 Å². The van der Waals surface area contributed by atoms with Gasteiger partial charge in [-0.1, -0.05) is 36.4 Å². The minimum Gasteiger partial charge on any atom is -0.476 e. The highest BCUT2D eigenvalue weighted by Gasteiger charge is 2.26. The van der Waals surface area contributed by atoms with Gasteiger partial charge in [-0.2, -0.15) is 0 Å². The molecule has 0 spiro atoms. The number of diazo groups is 1. The van der Waals surface area contributed by atoms with E-state index in [1.165, 1.54) is 0 Å². The first-order valence-electron chi connectivity index (χ1n) is 6.88. The first-order chi connectivity index (χ1) is 10.8. The fourth-order valence-electron chi connectivity index (χ4n) is 2.35. The number of aliphatic hydroxyl groups is 1. The molecule has 1 saturated heterocycles. The molecule has 6 nitrogen and oxygen atoms in total. The number of nitrogens with zero attached hydrogens (tertiary/aromatic N) is 2. The largest absolute Gasteiger partial charge is 0.476 e. The van der Waals surface area contributed by atoms with E-state index in [2.05, 4.69) is 4.98 Å². The van der Waals surface area contributed by atoms with Crippen LogP contribution in [0, 0.1) is 5.39 Å². The van der Waals surface area contributed by atoms with Gasteiger partial charge in [0.25, 0.3) is 0 Å². The number of hydrogen-bond acceptors (Lipinski definition) is 5. The molecule has 6 heteroatoms. The smallest absolute Gasteiger partial charge is 0.429 e. The van der Waals surface area contributed by atoms with Crippen LogP contribution in [0.25, 0.3) is 15.7 Å². The molecule has 0 aliphatic carbocycles. The molecule has 1 aliphatic heterocycles. The van der Waals surface area contributed by atoms with Crippen molar-refractivity contribution in [2.75, 3.05) is 13.2 Å². The zero-order valence-corrected chi connectivity index (χ0v) is 11.8. The fourth-order valence-corrected chi connectivity index (χ4v) is 2.35. The highest BCUT2D eigenvalue weighted by atomic mass is 16.7. The summed E-state index contributed by atoms with van der Waals surface area (Å²) in [5.41, 5.74) is 0.933. The Labute approximate surface area is 127 Å². The molecule has 0 unspecified atom stereocenters. The van der Waals surface area contributed by atoms with Crippen LogP contribution in [0.5, 0.6) is 0 Å². The third-order valence-corrected chi connectivity index (χ3v) is 3.37. The van der Waals surface area contributed by atoms with Crippen molar-refractivity contribution in [3.8, 4) is 0 Å². The summed E-state index contributed by atoms with van der Waals surface area (Å²) in [5, 5.41) is 19.8. The van der Waals surface area contributed by atoms with Crippen LogP contribution in [0.2, 0.25) is 0 Å². The van der Waals surface area contributed by atoms with Crippen LogP contribution in [0.1, 0.15) is 11.9 Å². The summed E-state index contributed by atoms with van der Waals surface area (Å²) in [6.45, 7) is 0.529. The molecule has 0 saturated carbocycles. The van der Waals surface area contributed by atoms with Gasteiger partial charge in [-0.3, -0.25) is 0 Å². The molecular weight excluding hydrogens is 284 g/mol. The van der Waals surface area contributed by atoms with E-state index in [9.17, 15) is 5.11 Å². The molecule has 0 radical (unpaired) electrons. The lowest BCUT2D eigenvalue weighted by molar-refractivity contribution is -0.229. The van der Waals surface area contributed by atoms with Gasteiger partial charge < -0.3 is 19.3 Å². The Morgan fingerprint density at radius 3 is 2.64 bits per heavy atom. The van der Waals surface area contributed by atoms with E-state index in [1.54, 1.807) is 0 Å². The molecule has 2 aromatic carbocycles. The zero-order chi connectivity index (χ0) is 15.4. The Hall–Kier alpha value is -2.62. The number of hydrogen-bond donors (Lipinski definition) is 1. The molecule has 3 rings (SSSR count). The lowest BCUT2D eigenvalue weighted by atomic mass is 10.1. The quantitative estimate of drug-likeness (QED) is 0.693. The molecule has 1 N–H and O–H groups in total. The summed E-state index contributed by atoms with van der Waals surface area (Å²) in [7, 11) is 0. The minimum absolute atomic E-state index is 0.265. The van der Waals surface area contributed by atoms with Crippen molar-refractivity contribution in [3.05, 3.63) is 65.1 Å². The second-order valence-electron chi connectivity index (χ2n) is 4.93. The number of benzene rings is 2. The van der Waals surface area contributed by atoms with Gasteiger partial charge in [-0.25, -0.2) is 0 Å². The number of aliphatic hydroxyl groups excluding tert-OH is 1. The minimum atomic E-state index is -0.483. The van der Waals surface area contributed by atoms with E-state index in [0.29, 0.717) is 0 Å². The Morgan fingerprint density at radius 1 is 1.18 bits per heavy atom. The second kappa shape index (κ2) is 6.43. The topological polar surface area (TPSA) is 76.1 Å². The van der Waals surface area contributed by atoms with Crippen LogP contribution in [-0.2, 0) is 14.2 Å². The maximum absolute atomic E-state index is 9.28. The average molecular weight is 299 g/mol. The van der Waals surface area contributed by atoms with Gasteiger partial charge in [-0.15, -0.1) is 0 Å². The molecule has 0 amide bonds. The summed E-state index contributed by atoms with van der Waals surface area (Å²) in [6.07, 6.45) is -0.108. The average Bonchev–Trinajstić information content (AvgIpc) is 2.55. The van der Waals surface area contributed by atoms with E-state index in [-0.39, 0.29) is 13.2 Å². The third-order valence-electron chi connectivity index (χ3n) is 3.37. The predicted molar refractivity (Wildman–Crippen MR) is 79.3 cm³/mol. The maximum Gasteiger partial charge on any atom is 0.429 e. The van der Waals surface area contributed by atoms with Crippen LogP contribution < -0.4 is 0 Å². The first-order valence-corrected chi connectivity index (χ1v) is 6.88. The van der Waals surface area contributed by atoms with Gasteiger partial charge in [0.15, 0.2) is 11.3 Å². The number of rotatable bonds is 3. The van der Waals surface area contributed by atoms with Crippen LogP contribution in [-0.4, -0.2) is 24.4 Å². The van der Waals surface area contributed by atoms with Crippen molar-refractivity contribution >= 4 is 10.8 Å². The molecule has 2 aromatic rings. The van der Waals surface area contributed by atoms with Gasteiger partial charge in [0.1, 0.15) is 6.10 Å². The summed E-state index contributed by atoms with van der Waals surface area (Å²) in [4.78, 5) is 2.67. The van der Waals surface area contributed by atoms with Crippen molar-refractivity contribution < 1.29 is 19.3 Å². The standard InChI is InChI=1S/C16H14N2O4/c17-18-8-15(19)22-14-9-20-16(21-10-14)13-6-5-11-3-1-2-4-12(11)7-13/h1-8,14,16H,9-10H2/p+1/b15-8+. The highest BCUT2D eigenvalue weighted by Crippen LogP contribution is 2.27. The number of fused-ring (bicyclic) bond motifs is 1. The predicted octanol–water partition coefficient (Wildman–Crippen LogP) is 3.48. The van der Waals surface area contributed by atoms with Crippen molar-refractivity contribution in [1.82, 2.24) is 0 Å². The van der Waals surface area contributed by atoms with Crippen LogP contribution in [0.3, 0.4) is 0 Å². The Kier molecular flexibility index (Phi) is 4.19. The summed E-state index contributed by atoms with van der Waals surface area (Å²) < 4.78 is 16.4. The van der Waals surface area contributed by atoms with E-state index in [0.717, 1.165) is 22.5 Å². The Morgan fingerprint density at radius 2 is 1.91 bits per heavy atom. The van der Waals surface area contributed by atoms with Crippen LogP contribution in [0.15, 0.2) is 54.6 Å². The van der Waals surface area contributed by atoms with Gasteiger partial charge in [0.05, 0.1) is 13.2 Å². The van der Waals surface area contributed by atoms with Crippen molar-refractivity contribution in [3.63, 3.8) is 0 Å². The summed E-state index contributed by atoms with van der Waals surface area (Å²) in [6, 6.07) is 14.1. The van der Waals surface area contributed by atoms with E-state index >= 15 is 0 Å². The molecule has 112 valence electrons. The van der Waals surface area contributed by atoms with Crippen LogP contribution >= 0.6 is 0 Å². The van der Waals surface area contributed by atoms with Crippen molar-refractivity contribution in [2.45, 2.75) is 12.4 Å². The zero-order valence-electron chi connectivity index (χ0n) is 11.8. The van der Waals surface area contributed by atoms with Gasteiger partial charge in [0.2, 0.25) is 5.39 Å². The molecular formula is C16H15N2O4+. The molecule has 1 aliphatic rings. The van der Waals surface area contributed by atoms with E-state index in [4.69, 9.17) is 19.6 Å². The molecule has 22 heavy (non-hydrogen) atoms. The fraction of sp³-hybridized carbons (Fsp3) is 0.250. The molecule has 1 heterocycles. The van der Waals surface area contributed by atoms with Gasteiger partial charge >= 0.3 is 12.1 Å². The number of ether oxygens (including phenoxy) is 3. The highest BCUT2D eigenvalue weighted by molar-refractivity contribution is 5.83. The van der Waals surface area contributed by atoms with E-state index < -0.39 is 18.3 Å². The second-order valence-corrected chi connectivity index (χ2v) is 4.93. The first kappa shape index (κ1) is 14.3. The van der Waals surface area contributed by atoms with Gasteiger partial charge in [-0.05, 0) is 16.8 Å². The lowest BCUT2D eigenvalue weighted by Crippen LogP contribution is -2.33. The Bertz CT molecular complexity index is 730. The van der Waals surface area contributed by atoms with Gasteiger partial charge in [0, 0.05) is 5.56 Å². The van der Waals surface area contributed by atoms with Crippen molar-refractivity contribution in [1.29, 1.82) is 5.39 Å². The third kappa shape index (κ3) is 3.17. The molecule has 1 fully saturated rings.